The fourth-order valence-electron chi connectivity index (χ4n) is 1.70. The molecule has 1 aromatic rings. The van der Waals surface area contributed by atoms with E-state index >= 15 is 0 Å². The fourth-order valence-corrected chi connectivity index (χ4v) is 3.04. The molecule has 0 saturated heterocycles. The molecule has 0 heterocycles. The normalized spacial score (nSPS) is 25.1. The topological polar surface area (TPSA) is 72.2 Å². The maximum Gasteiger partial charge on any atom is 0.243 e. The van der Waals surface area contributed by atoms with Crippen LogP contribution < -0.4 is 10.5 Å². The highest BCUT2D eigenvalue weighted by Crippen LogP contribution is 2.21. The molecule has 1 aromatic carbocycles. The minimum Gasteiger partial charge on any atom is -0.328 e. The molecule has 0 spiro atoms. The van der Waals surface area contributed by atoms with E-state index in [1.807, 2.05) is 0 Å². The highest BCUT2D eigenvalue weighted by atomic mass is 32.2. The van der Waals surface area contributed by atoms with E-state index in [0.29, 0.717) is 12.8 Å². The molecule has 88 valence electrons. The molecule has 1 saturated carbocycles. The van der Waals surface area contributed by atoms with E-state index in [-0.39, 0.29) is 17.0 Å². The average Bonchev–Trinajstić information content (AvgIpc) is 2.15. The molecule has 1 fully saturated rings. The lowest BCUT2D eigenvalue weighted by atomic mass is 9.89. The summed E-state index contributed by atoms with van der Waals surface area (Å²) in [5.41, 5.74) is 5.55. The number of nitrogens with one attached hydrogen (secondary N) is 1. The van der Waals surface area contributed by atoms with E-state index < -0.39 is 15.8 Å². The van der Waals surface area contributed by atoms with Crippen molar-refractivity contribution in [2.75, 3.05) is 0 Å². The molecular formula is C10H13FN2O2S. The van der Waals surface area contributed by atoms with Crippen molar-refractivity contribution in [3.8, 4) is 0 Å². The predicted octanol–water partition coefficient (Wildman–Crippen LogP) is 0.594. The van der Waals surface area contributed by atoms with Crippen molar-refractivity contribution in [1.82, 2.24) is 4.72 Å². The number of hydrogen-bond acceptors (Lipinski definition) is 3. The van der Waals surface area contributed by atoms with E-state index in [1.165, 1.54) is 18.2 Å². The first-order valence-corrected chi connectivity index (χ1v) is 6.50. The summed E-state index contributed by atoms with van der Waals surface area (Å²) in [5.74, 6) is -0.737. The van der Waals surface area contributed by atoms with E-state index in [4.69, 9.17) is 5.73 Å². The van der Waals surface area contributed by atoms with Gasteiger partial charge in [-0.15, -0.1) is 0 Å². The Balaban J connectivity index is 2.16. The molecule has 0 atom stereocenters. The van der Waals surface area contributed by atoms with Gasteiger partial charge in [-0.1, -0.05) is 12.1 Å². The maximum atomic E-state index is 13.3. The average molecular weight is 244 g/mol. The molecule has 0 amide bonds. The zero-order valence-electron chi connectivity index (χ0n) is 8.56. The Morgan fingerprint density at radius 2 is 1.94 bits per heavy atom. The summed E-state index contributed by atoms with van der Waals surface area (Å²) in [5, 5.41) is 0. The molecule has 0 radical (unpaired) electrons. The van der Waals surface area contributed by atoms with Crippen LogP contribution >= 0.6 is 0 Å². The molecule has 0 bridgehead atoms. The van der Waals surface area contributed by atoms with Crippen LogP contribution in [0, 0.1) is 5.82 Å². The van der Waals surface area contributed by atoms with E-state index in [2.05, 4.69) is 4.72 Å². The largest absolute Gasteiger partial charge is 0.328 e. The summed E-state index contributed by atoms with van der Waals surface area (Å²) in [6.07, 6.45) is 1.21. The van der Waals surface area contributed by atoms with Gasteiger partial charge in [-0.3, -0.25) is 0 Å². The van der Waals surface area contributed by atoms with E-state index in [1.54, 1.807) is 0 Å². The Morgan fingerprint density at radius 3 is 2.50 bits per heavy atom. The lowest BCUT2D eigenvalue weighted by Crippen LogP contribution is -2.50. The SMILES string of the molecule is NC1CC(NS(=O)(=O)c2ccccc2F)C1. The Morgan fingerprint density at radius 1 is 1.31 bits per heavy atom. The van der Waals surface area contributed by atoms with Crippen molar-refractivity contribution in [2.45, 2.75) is 29.8 Å². The van der Waals surface area contributed by atoms with Gasteiger partial charge in [0.25, 0.3) is 0 Å². The van der Waals surface area contributed by atoms with Crippen LogP contribution in [0.5, 0.6) is 0 Å². The highest BCUT2D eigenvalue weighted by molar-refractivity contribution is 7.89. The van der Waals surface area contributed by atoms with Crippen molar-refractivity contribution in [2.24, 2.45) is 5.73 Å². The van der Waals surface area contributed by atoms with Gasteiger partial charge in [-0.05, 0) is 25.0 Å². The Labute approximate surface area is 93.7 Å². The van der Waals surface area contributed by atoms with Crippen LogP contribution in [0.2, 0.25) is 0 Å². The molecule has 0 aromatic heterocycles. The summed E-state index contributed by atoms with van der Waals surface area (Å²) in [6, 6.07) is 5.20. The Kier molecular flexibility index (Phi) is 2.96. The van der Waals surface area contributed by atoms with Crippen molar-refractivity contribution >= 4 is 10.0 Å². The third-order valence-corrected chi connectivity index (χ3v) is 4.18. The predicted molar refractivity (Wildman–Crippen MR) is 57.7 cm³/mol. The lowest BCUT2D eigenvalue weighted by molar-refractivity contribution is 0.326. The first kappa shape index (κ1) is 11.5. The summed E-state index contributed by atoms with van der Waals surface area (Å²) in [6.45, 7) is 0. The highest BCUT2D eigenvalue weighted by Gasteiger charge is 2.31. The van der Waals surface area contributed by atoms with Crippen LogP contribution in [0.25, 0.3) is 0 Å². The van der Waals surface area contributed by atoms with Crippen molar-refractivity contribution in [3.05, 3.63) is 30.1 Å². The van der Waals surface area contributed by atoms with Crippen LogP contribution in [-0.2, 0) is 10.0 Å². The number of nitrogens with two attached hydrogens (primary N) is 1. The van der Waals surface area contributed by atoms with Gasteiger partial charge >= 0.3 is 0 Å². The fraction of sp³-hybridized carbons (Fsp3) is 0.400. The van der Waals surface area contributed by atoms with Gasteiger partial charge in [0.05, 0.1) is 0 Å². The van der Waals surface area contributed by atoms with Crippen LogP contribution in [0.4, 0.5) is 4.39 Å². The molecule has 16 heavy (non-hydrogen) atoms. The molecule has 0 aliphatic heterocycles. The quantitative estimate of drug-likeness (QED) is 0.817. The zero-order chi connectivity index (χ0) is 11.8. The van der Waals surface area contributed by atoms with Crippen LogP contribution in [0.15, 0.2) is 29.2 Å². The van der Waals surface area contributed by atoms with E-state index in [9.17, 15) is 12.8 Å². The second-order valence-electron chi connectivity index (χ2n) is 3.98. The smallest absolute Gasteiger partial charge is 0.243 e. The van der Waals surface area contributed by atoms with E-state index in [0.717, 1.165) is 6.07 Å². The third kappa shape index (κ3) is 2.23. The molecule has 3 N–H and O–H groups in total. The lowest BCUT2D eigenvalue weighted by Gasteiger charge is -2.32. The standard InChI is InChI=1S/C10H13FN2O2S/c11-9-3-1-2-4-10(9)16(14,15)13-8-5-7(12)6-8/h1-4,7-8,13H,5-6,12H2. The Hall–Kier alpha value is -0.980. The van der Waals surface area contributed by atoms with Crippen LogP contribution in [-0.4, -0.2) is 20.5 Å². The van der Waals surface area contributed by atoms with Gasteiger partial charge in [0.1, 0.15) is 10.7 Å². The first-order valence-electron chi connectivity index (χ1n) is 5.01. The van der Waals surface area contributed by atoms with Crippen molar-refractivity contribution in [1.29, 1.82) is 0 Å². The molecule has 1 aliphatic carbocycles. The number of sulfonamides is 1. The van der Waals surface area contributed by atoms with Gasteiger partial charge in [-0.2, -0.15) is 0 Å². The van der Waals surface area contributed by atoms with Crippen LogP contribution in [0.3, 0.4) is 0 Å². The van der Waals surface area contributed by atoms with Gasteiger partial charge in [-0.25, -0.2) is 17.5 Å². The first-order chi connectivity index (χ1) is 7.49. The maximum absolute atomic E-state index is 13.3. The number of halogens is 1. The monoisotopic (exact) mass is 244 g/mol. The Bertz CT molecular complexity index is 483. The van der Waals surface area contributed by atoms with Gasteiger partial charge < -0.3 is 5.73 Å². The van der Waals surface area contributed by atoms with Crippen molar-refractivity contribution < 1.29 is 12.8 Å². The number of hydrogen-bond donors (Lipinski definition) is 2. The minimum atomic E-state index is -3.76. The molecule has 4 nitrogen and oxygen atoms in total. The third-order valence-electron chi connectivity index (χ3n) is 2.62. The second-order valence-corrected chi connectivity index (χ2v) is 5.66. The molecule has 2 rings (SSSR count). The zero-order valence-corrected chi connectivity index (χ0v) is 9.37. The summed E-state index contributed by atoms with van der Waals surface area (Å²) in [4.78, 5) is -0.310. The van der Waals surface area contributed by atoms with Gasteiger partial charge in [0, 0.05) is 12.1 Å². The summed E-state index contributed by atoms with van der Waals surface area (Å²) in [7, 11) is -3.76. The number of rotatable bonds is 3. The van der Waals surface area contributed by atoms with Gasteiger partial charge in [0.15, 0.2) is 0 Å². The molecule has 1 aliphatic rings. The molecule has 6 heteroatoms. The van der Waals surface area contributed by atoms with Crippen molar-refractivity contribution in [3.63, 3.8) is 0 Å². The number of benzene rings is 1. The second kappa shape index (κ2) is 4.12. The molecule has 0 unspecified atom stereocenters. The van der Waals surface area contributed by atoms with Gasteiger partial charge in [0.2, 0.25) is 10.0 Å². The van der Waals surface area contributed by atoms with Crippen LogP contribution in [0.1, 0.15) is 12.8 Å². The minimum absolute atomic E-state index is 0.0494. The molecular weight excluding hydrogens is 231 g/mol. The summed E-state index contributed by atoms with van der Waals surface area (Å²) < 4.78 is 39.3. The summed E-state index contributed by atoms with van der Waals surface area (Å²) >= 11 is 0.